The van der Waals surface area contributed by atoms with Gasteiger partial charge in [-0.1, -0.05) is 6.07 Å². The van der Waals surface area contributed by atoms with Crippen LogP contribution in [-0.2, 0) is 6.54 Å². The zero-order valence-electron chi connectivity index (χ0n) is 15.5. The molecule has 0 saturated carbocycles. The highest BCUT2D eigenvalue weighted by Crippen LogP contribution is 2.28. The zero-order chi connectivity index (χ0) is 17.9. The first-order chi connectivity index (χ1) is 12.7. The number of piperidine rings is 1. The number of aromatic nitrogens is 4. The van der Waals surface area contributed by atoms with Gasteiger partial charge >= 0.3 is 0 Å². The highest BCUT2D eigenvalue weighted by molar-refractivity contribution is 5.48. The third kappa shape index (κ3) is 3.53. The average molecular weight is 347 g/mol. The highest BCUT2D eigenvalue weighted by atomic mass is 15.3. The maximum atomic E-state index is 4.48. The van der Waals surface area contributed by atoms with E-state index in [2.05, 4.69) is 52.0 Å². The fraction of sp³-hybridized carbons (Fsp3) is 0.381. The molecule has 1 aliphatic rings. The van der Waals surface area contributed by atoms with E-state index in [4.69, 9.17) is 0 Å². The molecule has 0 amide bonds. The Balaban J connectivity index is 1.59. The molecule has 5 heteroatoms. The molecule has 3 heterocycles. The van der Waals surface area contributed by atoms with Crippen LogP contribution < -0.4 is 0 Å². The molecule has 1 aliphatic heterocycles. The maximum Gasteiger partial charge on any atom is 0.115 e. The average Bonchev–Trinajstić information content (AvgIpc) is 3.19. The zero-order valence-corrected chi connectivity index (χ0v) is 15.5. The Labute approximate surface area is 154 Å². The number of rotatable bonds is 4. The molecule has 0 N–H and O–H groups in total. The van der Waals surface area contributed by atoms with Crippen molar-refractivity contribution in [2.45, 2.75) is 39.2 Å². The summed E-state index contributed by atoms with van der Waals surface area (Å²) >= 11 is 0. The van der Waals surface area contributed by atoms with Crippen molar-refractivity contribution in [1.82, 2.24) is 24.6 Å². The van der Waals surface area contributed by atoms with Gasteiger partial charge in [-0.25, -0.2) is 14.6 Å². The first kappa shape index (κ1) is 16.9. The van der Waals surface area contributed by atoms with E-state index in [9.17, 15) is 0 Å². The van der Waals surface area contributed by atoms with Gasteiger partial charge in [-0.3, -0.25) is 4.90 Å². The van der Waals surface area contributed by atoms with E-state index < -0.39 is 0 Å². The molecule has 4 rings (SSSR count). The molecule has 0 bridgehead atoms. The van der Waals surface area contributed by atoms with E-state index in [1.54, 1.807) is 6.33 Å². The Hall–Kier alpha value is -2.53. The number of hydrogen-bond donors (Lipinski definition) is 0. The molecule has 1 aromatic carbocycles. The highest BCUT2D eigenvalue weighted by Gasteiger charge is 2.23. The molecule has 0 radical (unpaired) electrons. The van der Waals surface area contributed by atoms with Crippen molar-refractivity contribution in [2.24, 2.45) is 0 Å². The molecule has 26 heavy (non-hydrogen) atoms. The van der Waals surface area contributed by atoms with Gasteiger partial charge in [0, 0.05) is 43.3 Å². The summed E-state index contributed by atoms with van der Waals surface area (Å²) in [7, 11) is 0. The molecular weight excluding hydrogens is 322 g/mol. The SMILES string of the molecule is Cc1cc(C)c(CN2CCCC(c3ccncn3)C2)c(-n2cccn2)c1. The number of benzene rings is 1. The van der Waals surface area contributed by atoms with Crippen LogP contribution in [0.2, 0.25) is 0 Å². The van der Waals surface area contributed by atoms with Crippen molar-refractivity contribution in [3.63, 3.8) is 0 Å². The van der Waals surface area contributed by atoms with Gasteiger partial charge in [0.1, 0.15) is 6.33 Å². The van der Waals surface area contributed by atoms with Crippen molar-refractivity contribution in [2.75, 3.05) is 13.1 Å². The van der Waals surface area contributed by atoms with Gasteiger partial charge in [0.05, 0.1) is 5.69 Å². The number of nitrogens with zero attached hydrogens (tertiary/aromatic N) is 5. The minimum absolute atomic E-state index is 0.491. The Kier molecular flexibility index (Phi) is 4.80. The summed E-state index contributed by atoms with van der Waals surface area (Å²) in [6.07, 6.45) is 9.78. The summed E-state index contributed by atoms with van der Waals surface area (Å²) in [5.41, 5.74) is 6.32. The number of aryl methyl sites for hydroxylation is 2. The van der Waals surface area contributed by atoms with Crippen LogP contribution in [0, 0.1) is 13.8 Å². The van der Waals surface area contributed by atoms with Crippen LogP contribution >= 0.6 is 0 Å². The normalized spacial score (nSPS) is 18.2. The molecule has 134 valence electrons. The summed E-state index contributed by atoms with van der Waals surface area (Å²) < 4.78 is 1.99. The Morgan fingerprint density at radius 3 is 2.88 bits per heavy atom. The van der Waals surface area contributed by atoms with Crippen molar-refractivity contribution < 1.29 is 0 Å². The summed E-state index contributed by atoms with van der Waals surface area (Å²) in [5, 5.41) is 4.47. The van der Waals surface area contributed by atoms with Crippen LogP contribution in [0.5, 0.6) is 0 Å². The molecule has 0 spiro atoms. The van der Waals surface area contributed by atoms with Crippen LogP contribution in [0.3, 0.4) is 0 Å². The quantitative estimate of drug-likeness (QED) is 0.723. The monoisotopic (exact) mass is 347 g/mol. The van der Waals surface area contributed by atoms with E-state index in [-0.39, 0.29) is 0 Å². The van der Waals surface area contributed by atoms with Gasteiger partial charge in [0.15, 0.2) is 0 Å². The molecule has 0 aliphatic carbocycles. The Bertz CT molecular complexity index is 858. The first-order valence-electron chi connectivity index (χ1n) is 9.29. The topological polar surface area (TPSA) is 46.8 Å². The predicted molar refractivity (Wildman–Crippen MR) is 102 cm³/mol. The Morgan fingerprint density at radius 2 is 2.12 bits per heavy atom. The third-order valence-electron chi connectivity index (χ3n) is 5.26. The summed E-state index contributed by atoms with van der Waals surface area (Å²) in [5.74, 6) is 0.491. The van der Waals surface area contributed by atoms with Crippen molar-refractivity contribution in [3.8, 4) is 5.69 Å². The largest absolute Gasteiger partial charge is 0.298 e. The van der Waals surface area contributed by atoms with Crippen LogP contribution in [0.15, 0.2) is 49.2 Å². The second-order valence-corrected chi connectivity index (χ2v) is 7.24. The molecule has 3 aromatic rings. The smallest absolute Gasteiger partial charge is 0.115 e. The van der Waals surface area contributed by atoms with Gasteiger partial charge in [-0.15, -0.1) is 0 Å². The fourth-order valence-electron chi connectivity index (χ4n) is 4.00. The van der Waals surface area contributed by atoms with E-state index >= 15 is 0 Å². The number of likely N-dealkylation sites (tertiary alicyclic amines) is 1. The predicted octanol–water partition coefficient (Wildman–Crippen LogP) is 3.66. The fourth-order valence-corrected chi connectivity index (χ4v) is 4.00. The molecule has 1 fully saturated rings. The lowest BCUT2D eigenvalue weighted by molar-refractivity contribution is 0.198. The van der Waals surface area contributed by atoms with E-state index in [0.717, 1.165) is 25.3 Å². The maximum absolute atomic E-state index is 4.48. The van der Waals surface area contributed by atoms with Crippen molar-refractivity contribution in [1.29, 1.82) is 0 Å². The minimum Gasteiger partial charge on any atom is -0.298 e. The molecule has 1 atom stereocenters. The van der Waals surface area contributed by atoms with Gasteiger partial charge in [-0.05, 0) is 68.1 Å². The van der Waals surface area contributed by atoms with Gasteiger partial charge in [0.2, 0.25) is 0 Å². The van der Waals surface area contributed by atoms with Crippen LogP contribution in [0.25, 0.3) is 5.69 Å². The van der Waals surface area contributed by atoms with Crippen molar-refractivity contribution in [3.05, 3.63) is 71.6 Å². The van der Waals surface area contributed by atoms with E-state index in [0.29, 0.717) is 5.92 Å². The molecule has 5 nitrogen and oxygen atoms in total. The lowest BCUT2D eigenvalue weighted by Gasteiger charge is -2.33. The Morgan fingerprint density at radius 1 is 1.19 bits per heavy atom. The number of hydrogen-bond acceptors (Lipinski definition) is 4. The standard InChI is InChI=1S/C21H25N5/c1-16-11-17(2)19(21(12-16)26-10-4-7-24-26)14-25-9-3-5-18(13-25)20-6-8-22-15-23-20/h4,6-8,10-12,15,18H,3,5,9,13-14H2,1-2H3. The van der Waals surface area contributed by atoms with Gasteiger partial charge in [0.25, 0.3) is 0 Å². The van der Waals surface area contributed by atoms with Gasteiger partial charge in [-0.2, -0.15) is 5.10 Å². The van der Waals surface area contributed by atoms with E-state index in [1.807, 2.05) is 29.3 Å². The second-order valence-electron chi connectivity index (χ2n) is 7.24. The summed E-state index contributed by atoms with van der Waals surface area (Å²) in [6.45, 7) is 7.48. The van der Waals surface area contributed by atoms with Crippen LogP contribution in [0.4, 0.5) is 0 Å². The van der Waals surface area contributed by atoms with Crippen LogP contribution in [-0.4, -0.2) is 37.7 Å². The summed E-state index contributed by atoms with van der Waals surface area (Å²) in [4.78, 5) is 11.1. The third-order valence-corrected chi connectivity index (χ3v) is 5.26. The lowest BCUT2D eigenvalue weighted by Crippen LogP contribution is -2.34. The van der Waals surface area contributed by atoms with Crippen molar-refractivity contribution >= 4 is 0 Å². The summed E-state index contributed by atoms with van der Waals surface area (Å²) in [6, 6.07) is 8.54. The molecule has 1 saturated heterocycles. The van der Waals surface area contributed by atoms with E-state index in [1.165, 1.54) is 35.2 Å². The molecule has 2 aromatic heterocycles. The minimum atomic E-state index is 0.491. The first-order valence-corrected chi connectivity index (χ1v) is 9.29. The molecular formula is C21H25N5. The molecule has 1 unspecified atom stereocenters. The van der Waals surface area contributed by atoms with Gasteiger partial charge < -0.3 is 0 Å². The van der Waals surface area contributed by atoms with Crippen LogP contribution in [0.1, 0.15) is 41.1 Å². The lowest BCUT2D eigenvalue weighted by atomic mass is 9.93. The second kappa shape index (κ2) is 7.38.